The van der Waals surface area contributed by atoms with Crippen LogP contribution in [0.2, 0.25) is 0 Å². The molecule has 0 spiro atoms. The summed E-state index contributed by atoms with van der Waals surface area (Å²) in [6.45, 7) is 0. The first kappa shape index (κ1) is 24.8. The molecule has 3 heteroatoms. The van der Waals surface area contributed by atoms with Gasteiger partial charge in [0.05, 0.1) is 24.2 Å². The van der Waals surface area contributed by atoms with Gasteiger partial charge in [0.15, 0.2) is 5.75 Å². The summed E-state index contributed by atoms with van der Waals surface area (Å²) in [6, 6.07) is 51.6. The molecule has 0 radical (unpaired) electrons. The molecule has 0 aliphatic carbocycles. The summed E-state index contributed by atoms with van der Waals surface area (Å²) >= 11 is 0. The summed E-state index contributed by atoms with van der Waals surface area (Å²) < 4.78 is 12.8. The average molecular weight is 566 g/mol. The number of fused-ring (bicyclic) bond motifs is 9. The summed E-state index contributed by atoms with van der Waals surface area (Å²) in [5.74, 6) is 0.834. The summed E-state index contributed by atoms with van der Waals surface area (Å²) in [4.78, 5) is 2.37. The molecule has 0 amide bonds. The van der Waals surface area contributed by atoms with Crippen LogP contribution < -0.4 is 9.64 Å². The standard InChI is InChI=1S/C41H27NO2/c1-43-41-36-20-9-6-16-31(36)30-15-5-8-19-35(30)40(41)42(27-22-23-34-33-18-10-11-21-38(33)44-39(34)25-27)37-24-26-12-2-3-13-28(26)29-14-4-7-17-32(29)37/h2-25H,1H3. The van der Waals surface area contributed by atoms with Crippen LogP contribution in [0.4, 0.5) is 17.1 Å². The second kappa shape index (κ2) is 9.62. The quantitative estimate of drug-likeness (QED) is 0.199. The van der Waals surface area contributed by atoms with E-state index in [-0.39, 0.29) is 0 Å². The van der Waals surface area contributed by atoms with Gasteiger partial charge in [0, 0.05) is 33.0 Å². The Morgan fingerprint density at radius 1 is 0.455 bits per heavy atom. The van der Waals surface area contributed by atoms with Crippen molar-refractivity contribution in [3.63, 3.8) is 0 Å². The van der Waals surface area contributed by atoms with Crippen molar-refractivity contribution in [2.24, 2.45) is 0 Å². The highest BCUT2D eigenvalue weighted by molar-refractivity contribution is 6.21. The third-order valence-corrected chi connectivity index (χ3v) is 8.89. The molecule has 9 aromatic rings. The fourth-order valence-electron chi connectivity index (χ4n) is 6.98. The van der Waals surface area contributed by atoms with Crippen LogP contribution in [0.25, 0.3) is 65.0 Å². The fourth-order valence-corrected chi connectivity index (χ4v) is 6.98. The molecule has 1 heterocycles. The highest BCUT2D eigenvalue weighted by Gasteiger charge is 2.25. The van der Waals surface area contributed by atoms with Crippen LogP contribution in [-0.4, -0.2) is 7.11 Å². The SMILES string of the molecule is COc1c(N(c2ccc3c(c2)oc2ccccc23)c2cc3ccccc3c3ccccc23)c2ccccc2c2ccccc12. The van der Waals surface area contributed by atoms with Gasteiger partial charge < -0.3 is 14.1 Å². The lowest BCUT2D eigenvalue weighted by atomic mass is 9.95. The summed E-state index contributed by atoms with van der Waals surface area (Å²) in [6.07, 6.45) is 0. The maximum absolute atomic E-state index is 6.43. The number of methoxy groups -OCH3 is 1. The molecular formula is C41H27NO2. The van der Waals surface area contributed by atoms with Crippen molar-refractivity contribution < 1.29 is 9.15 Å². The van der Waals surface area contributed by atoms with Gasteiger partial charge in [0.2, 0.25) is 0 Å². The zero-order chi connectivity index (χ0) is 29.2. The molecule has 0 aliphatic heterocycles. The monoisotopic (exact) mass is 565 g/mol. The summed E-state index contributed by atoms with van der Waals surface area (Å²) in [5, 5.41) is 11.5. The molecule has 0 fully saturated rings. The van der Waals surface area contributed by atoms with Crippen LogP contribution in [0, 0.1) is 0 Å². The molecule has 0 saturated carbocycles. The Morgan fingerprint density at radius 3 is 1.75 bits per heavy atom. The number of para-hydroxylation sites is 1. The largest absolute Gasteiger partial charge is 0.494 e. The van der Waals surface area contributed by atoms with E-state index in [2.05, 4.69) is 138 Å². The van der Waals surface area contributed by atoms with E-state index in [0.29, 0.717) is 0 Å². The molecule has 0 bridgehead atoms. The highest BCUT2D eigenvalue weighted by Crippen LogP contribution is 2.51. The van der Waals surface area contributed by atoms with Gasteiger partial charge in [-0.2, -0.15) is 0 Å². The molecule has 9 rings (SSSR count). The maximum atomic E-state index is 6.43. The number of ether oxygens (including phenoxy) is 1. The summed E-state index contributed by atoms with van der Waals surface area (Å²) in [7, 11) is 1.78. The first-order valence-corrected chi connectivity index (χ1v) is 14.9. The third-order valence-electron chi connectivity index (χ3n) is 8.89. The van der Waals surface area contributed by atoms with Gasteiger partial charge in [-0.3, -0.25) is 0 Å². The van der Waals surface area contributed by atoms with Crippen LogP contribution in [0.15, 0.2) is 150 Å². The van der Waals surface area contributed by atoms with Gasteiger partial charge in [0.1, 0.15) is 11.2 Å². The van der Waals surface area contributed by atoms with Crippen molar-refractivity contribution in [3.8, 4) is 5.75 Å². The topological polar surface area (TPSA) is 25.6 Å². The number of nitrogens with zero attached hydrogens (tertiary/aromatic N) is 1. The summed E-state index contributed by atoms with van der Waals surface area (Å²) in [5.41, 5.74) is 4.81. The Kier molecular flexibility index (Phi) is 5.41. The van der Waals surface area contributed by atoms with Gasteiger partial charge in [0.25, 0.3) is 0 Å². The van der Waals surface area contributed by atoms with Gasteiger partial charge >= 0.3 is 0 Å². The van der Waals surface area contributed by atoms with E-state index in [1.54, 1.807) is 7.11 Å². The first-order valence-electron chi connectivity index (χ1n) is 14.9. The second-order valence-corrected chi connectivity index (χ2v) is 11.2. The zero-order valence-electron chi connectivity index (χ0n) is 24.1. The normalized spacial score (nSPS) is 11.8. The second-order valence-electron chi connectivity index (χ2n) is 11.2. The first-order chi connectivity index (χ1) is 21.8. The van der Waals surface area contributed by atoms with Crippen LogP contribution >= 0.6 is 0 Å². The van der Waals surface area contributed by atoms with Crippen molar-refractivity contribution >= 4 is 82.1 Å². The smallest absolute Gasteiger partial charge is 0.151 e. The van der Waals surface area contributed by atoms with E-state index in [9.17, 15) is 0 Å². The predicted octanol–water partition coefficient (Wildman–Crippen LogP) is 11.7. The number of anilines is 3. The van der Waals surface area contributed by atoms with E-state index in [1.165, 1.54) is 26.9 Å². The van der Waals surface area contributed by atoms with E-state index in [1.807, 2.05) is 12.1 Å². The molecule has 44 heavy (non-hydrogen) atoms. The molecular weight excluding hydrogens is 538 g/mol. The number of benzene rings is 8. The fraction of sp³-hybridized carbons (Fsp3) is 0.0244. The van der Waals surface area contributed by atoms with E-state index in [0.717, 1.165) is 60.9 Å². The minimum Gasteiger partial charge on any atom is -0.494 e. The van der Waals surface area contributed by atoms with Crippen molar-refractivity contribution in [1.29, 1.82) is 0 Å². The van der Waals surface area contributed by atoms with Crippen molar-refractivity contribution in [2.45, 2.75) is 0 Å². The number of furan rings is 1. The molecule has 1 aromatic heterocycles. The number of rotatable bonds is 4. The third kappa shape index (κ3) is 3.56. The molecule has 0 unspecified atom stereocenters. The van der Waals surface area contributed by atoms with E-state index in [4.69, 9.17) is 9.15 Å². The Bertz CT molecular complexity index is 2560. The molecule has 0 atom stereocenters. The van der Waals surface area contributed by atoms with Crippen LogP contribution in [0.1, 0.15) is 0 Å². The van der Waals surface area contributed by atoms with Gasteiger partial charge in [-0.25, -0.2) is 0 Å². The van der Waals surface area contributed by atoms with E-state index < -0.39 is 0 Å². The Hall–Kier alpha value is -5.80. The Morgan fingerprint density at radius 2 is 1.00 bits per heavy atom. The van der Waals surface area contributed by atoms with Crippen LogP contribution in [-0.2, 0) is 0 Å². The minimum absolute atomic E-state index is 0.834. The average Bonchev–Trinajstić information content (AvgIpc) is 3.46. The predicted molar refractivity (Wildman–Crippen MR) is 185 cm³/mol. The van der Waals surface area contributed by atoms with Crippen LogP contribution in [0.5, 0.6) is 5.75 Å². The molecule has 8 aromatic carbocycles. The molecule has 208 valence electrons. The minimum atomic E-state index is 0.834. The van der Waals surface area contributed by atoms with Crippen molar-refractivity contribution in [1.82, 2.24) is 0 Å². The lowest BCUT2D eigenvalue weighted by Crippen LogP contribution is -2.13. The number of hydrogen-bond acceptors (Lipinski definition) is 3. The van der Waals surface area contributed by atoms with Gasteiger partial charge in [-0.05, 0) is 51.2 Å². The Balaban J connectivity index is 1.46. The maximum Gasteiger partial charge on any atom is 0.151 e. The lowest BCUT2D eigenvalue weighted by Gasteiger charge is -2.31. The van der Waals surface area contributed by atoms with Crippen molar-refractivity contribution in [3.05, 3.63) is 146 Å². The molecule has 0 N–H and O–H groups in total. The molecule has 3 nitrogen and oxygen atoms in total. The lowest BCUT2D eigenvalue weighted by molar-refractivity contribution is 0.421. The molecule has 0 aliphatic rings. The van der Waals surface area contributed by atoms with Gasteiger partial charge in [-0.1, -0.05) is 115 Å². The number of hydrogen-bond donors (Lipinski definition) is 0. The highest BCUT2D eigenvalue weighted by atomic mass is 16.5. The molecule has 0 saturated heterocycles. The van der Waals surface area contributed by atoms with Crippen LogP contribution in [0.3, 0.4) is 0 Å². The Labute approximate surface area is 254 Å². The van der Waals surface area contributed by atoms with Gasteiger partial charge in [-0.15, -0.1) is 0 Å². The zero-order valence-corrected chi connectivity index (χ0v) is 24.1. The van der Waals surface area contributed by atoms with Crippen molar-refractivity contribution in [2.75, 3.05) is 12.0 Å². The van der Waals surface area contributed by atoms with E-state index >= 15 is 0 Å².